The minimum Gasteiger partial charge on any atom is -0.444 e. The topological polar surface area (TPSA) is 373 Å². The highest BCUT2D eigenvalue weighted by Crippen LogP contribution is 2.56. The van der Waals surface area contributed by atoms with E-state index in [4.69, 9.17) is 35.5 Å². The molecule has 10 fully saturated rings. The standard InChI is InChI=1S/3C14H19F2NO.C12H21F2NO5S.C11H19F2NO3.C8H11N.C6H14F3NO2S.C6H11F2NO.C6H8F2O.C6H8O2/c3*1-10(11-6-3-2-4-7-11)17-12-8-5-9-14(15,16)13(12)18;1-11(2,3)19-10(16)15-8-6-5-7-12(13,14)9(8)20-21(4,17)18;1-10(2,3)17-9(16)14-7-5-4-6-11(12,13)8(7)15;1-7(9)8-5-3-2-4-6-8;1-11-5-3-10(4-6-12-2)13(7,8)9;7-6(8)3-1-2-4(9)5(6)10;7-6(8)3-1-2-4-5(6)9-4;7-4-2-1-3-5-6(4)8-5/h3*2-4,6-7,10,12-13,17-18H,5,8-9H2,1H3;8-9H,5-7H2,1-4H3,(H,15,16);7-8,15H,4-6H2,1-3H3,(H,14,16);2-7H,9H2,1H3;3-6H2,1-2H3;4-5,10H,1-3,9H2;4-5H,1-3H2;5-6H,1-3H2/t10-,12+,13-;2*10-,12-,13+;8-,9+;7-,8+;7-;;4-,5+;;/m111111.1../s1. The number of Topliss-reactive ketones (excluding diaryl/α,β-unsaturated/α-hetero) is 1. The largest absolute Gasteiger partial charge is 0.444 e. The van der Waals surface area contributed by atoms with Gasteiger partial charge in [-0.2, -0.15) is 12.7 Å². The van der Waals surface area contributed by atoms with Crippen LogP contribution in [0.5, 0.6) is 0 Å². The van der Waals surface area contributed by atoms with E-state index in [1.807, 2.05) is 149 Å². The molecule has 2 saturated heterocycles. The lowest BCUT2D eigenvalue weighted by atomic mass is 9.88. The Labute approximate surface area is 819 Å². The molecule has 8 saturated carbocycles. The third-order valence-corrected chi connectivity index (χ3v) is 26.0. The average molecular weight is 2090 g/mol. The molecule has 2 aliphatic heterocycles. The number of carbonyl (C=O) groups is 3. The van der Waals surface area contributed by atoms with Crippen molar-refractivity contribution in [2.45, 2.75) is 397 Å². The molecule has 8 aliphatic carbocycles. The van der Waals surface area contributed by atoms with Crippen LogP contribution in [0.15, 0.2) is 121 Å². The van der Waals surface area contributed by atoms with Gasteiger partial charge in [0.05, 0.1) is 43.8 Å². The lowest BCUT2D eigenvalue weighted by Gasteiger charge is -2.37. The summed E-state index contributed by atoms with van der Waals surface area (Å²) >= 11 is -5.14. The van der Waals surface area contributed by atoms with E-state index in [2.05, 4.69) is 40.2 Å². The number of amides is 2. The minimum atomic E-state index is -5.14. The van der Waals surface area contributed by atoms with Gasteiger partial charge in [0.25, 0.3) is 62.9 Å². The number of benzene rings is 4. The molecule has 14 rings (SSSR count). The van der Waals surface area contributed by atoms with Gasteiger partial charge in [-0.25, -0.2) is 71.1 Å². The van der Waals surface area contributed by atoms with Crippen molar-refractivity contribution in [2.24, 2.45) is 11.5 Å². The number of alkyl halides is 14. The molecule has 0 bridgehead atoms. The number of epoxide rings is 2. The first kappa shape index (κ1) is 125. The SMILES string of the molecule is CC(C)(C)OC(=O)N[C@@H]1CCCC(F)(F)[C@H]1O.CC(C)(C)OC(=O)N[C@@H]1CCCC(F)(F)[C@H]1OS(C)(=O)=O.COCCN(CCOC)S(F)(F)F.C[C@@H](N)c1ccccc1.C[C@@H](N[C@@H]1CCCC(F)(F)[C@H]1O)c1ccccc1.C[C@@H](N[C@@H]1CCCC(F)(F)[C@H]1O)c1ccccc1.C[C@@H](N[C@H]1CCCC(F)(F)[C@@H]1O)c1ccccc1.FC1(F)CCCC2OC21.N[C@@H]1CCCC(F)(F)[C@H]1O.O=C1CCCC2OC12. The summed E-state index contributed by atoms with van der Waals surface area (Å²) < 4.78 is 278. The second-order valence-electron chi connectivity index (χ2n) is 38.9. The zero-order valence-corrected chi connectivity index (χ0v) is 84.0. The molecule has 0 aromatic heterocycles. The molecular formula is C97H149F17N8O17S2. The Morgan fingerprint density at radius 2 is 0.745 bits per heavy atom. The van der Waals surface area contributed by atoms with Crippen LogP contribution in [0.1, 0.15) is 270 Å². The molecule has 2 amide bonds. The Balaban J connectivity index is 0.000000280. The number of fused-ring (bicyclic) bond motifs is 2. The number of methoxy groups -OCH3 is 2. The van der Waals surface area contributed by atoms with Crippen molar-refractivity contribution in [2.75, 3.05) is 46.8 Å². The van der Waals surface area contributed by atoms with Gasteiger partial charge in [-0.1, -0.05) is 121 Å². The molecular weight excluding hydrogens is 1940 g/mol. The summed E-state index contributed by atoms with van der Waals surface area (Å²) in [6, 6.07) is 34.6. The number of carbonyl (C=O) groups excluding carboxylic acids is 3. The predicted octanol–water partition coefficient (Wildman–Crippen LogP) is 19.0. The van der Waals surface area contributed by atoms with E-state index in [1.54, 1.807) is 41.5 Å². The van der Waals surface area contributed by atoms with E-state index in [0.717, 1.165) is 42.4 Å². The van der Waals surface area contributed by atoms with Crippen LogP contribution in [0.3, 0.4) is 0 Å². The van der Waals surface area contributed by atoms with Crippen LogP contribution in [-0.4, -0.2) is 253 Å². The minimum absolute atomic E-state index is 0.0220. The van der Waals surface area contributed by atoms with Crippen molar-refractivity contribution < 1.29 is 154 Å². The molecule has 2 heterocycles. The van der Waals surface area contributed by atoms with Crippen molar-refractivity contribution in [3.8, 4) is 0 Å². The Morgan fingerprint density at radius 3 is 1.04 bits per heavy atom. The number of rotatable bonds is 21. The van der Waals surface area contributed by atoms with Gasteiger partial charge >= 0.3 is 12.2 Å². The Bertz CT molecular complexity index is 4180. The third kappa shape index (κ3) is 44.6. The number of aliphatic hydroxyl groups is 5. The summed E-state index contributed by atoms with van der Waals surface area (Å²) in [6.45, 7) is 17.6. The van der Waals surface area contributed by atoms with Crippen molar-refractivity contribution in [1.29, 1.82) is 0 Å². The molecule has 141 heavy (non-hydrogen) atoms. The van der Waals surface area contributed by atoms with Gasteiger partial charge in [0.15, 0.2) is 11.9 Å². The van der Waals surface area contributed by atoms with Crippen molar-refractivity contribution >= 4 is 39.5 Å². The second kappa shape index (κ2) is 56.6. The van der Waals surface area contributed by atoms with Gasteiger partial charge in [-0.15, -0.1) is 11.7 Å². The summed E-state index contributed by atoms with van der Waals surface area (Å²) in [4.78, 5) is 33.8. The molecule has 25 nitrogen and oxygen atoms in total. The number of halogens is 17. The Kier molecular flexibility index (Phi) is 50.2. The van der Waals surface area contributed by atoms with Gasteiger partial charge in [0, 0.05) is 127 Å². The van der Waals surface area contributed by atoms with Gasteiger partial charge in [0.1, 0.15) is 53.9 Å². The molecule has 4 aromatic carbocycles. The predicted molar refractivity (Wildman–Crippen MR) is 502 cm³/mol. The maximum absolute atomic E-state index is 13.9. The van der Waals surface area contributed by atoms with Crippen molar-refractivity contribution in [3.05, 3.63) is 144 Å². The zero-order chi connectivity index (χ0) is 106. The normalized spacial score (nSPS) is 28.7. The lowest BCUT2D eigenvalue weighted by molar-refractivity contribution is -0.144. The zero-order valence-electron chi connectivity index (χ0n) is 82.4. The van der Waals surface area contributed by atoms with Gasteiger partial charge in [-0.05, 0) is 194 Å². The summed E-state index contributed by atoms with van der Waals surface area (Å²) in [6.07, 6.45) is -3.97. The summed E-state index contributed by atoms with van der Waals surface area (Å²) in [7, 11) is -1.32. The van der Waals surface area contributed by atoms with Gasteiger partial charge < -0.3 is 92.0 Å². The number of hydrogen-bond acceptors (Lipinski definition) is 23. The molecule has 20 atom stereocenters. The smallest absolute Gasteiger partial charge is 0.407 e. The van der Waals surface area contributed by atoms with Gasteiger partial charge in [0.2, 0.25) is 0 Å². The monoisotopic (exact) mass is 2090 g/mol. The highest BCUT2D eigenvalue weighted by atomic mass is 32.3. The Hall–Kier alpha value is -6.44. The lowest BCUT2D eigenvalue weighted by Crippen LogP contribution is -2.56. The molecule has 10 aliphatic rings. The maximum atomic E-state index is 13.9. The number of ether oxygens (including phenoxy) is 6. The highest BCUT2D eigenvalue weighted by molar-refractivity contribution is 8.18. The van der Waals surface area contributed by atoms with Crippen LogP contribution in [0.25, 0.3) is 0 Å². The van der Waals surface area contributed by atoms with E-state index < -0.39 is 172 Å². The van der Waals surface area contributed by atoms with Crippen LogP contribution < -0.4 is 38.1 Å². The highest BCUT2D eigenvalue weighted by Gasteiger charge is 2.59. The van der Waals surface area contributed by atoms with E-state index in [0.29, 0.717) is 86.7 Å². The molecule has 4 unspecified atom stereocenters. The van der Waals surface area contributed by atoms with Crippen molar-refractivity contribution in [3.63, 3.8) is 0 Å². The Morgan fingerprint density at radius 1 is 0.440 bits per heavy atom. The number of nitrogens with two attached hydrogens (primary N) is 2. The number of hydrogen-bond donors (Lipinski definition) is 12. The van der Waals surface area contributed by atoms with Gasteiger partial charge in [-0.3, -0.25) is 8.98 Å². The number of alkyl carbamates (subject to hydrolysis) is 2. The van der Waals surface area contributed by atoms with E-state index in [-0.39, 0.29) is 120 Å². The quantitative estimate of drug-likeness (QED) is 0.0209. The summed E-state index contributed by atoms with van der Waals surface area (Å²) in [5.41, 5.74) is 13.7. The second-order valence-corrected chi connectivity index (χ2v) is 41.8. The molecule has 810 valence electrons. The fourth-order valence-corrected chi connectivity index (χ4v) is 17.9. The van der Waals surface area contributed by atoms with Crippen LogP contribution >= 0.6 is 11.4 Å². The van der Waals surface area contributed by atoms with Crippen LogP contribution in [0.2, 0.25) is 0 Å². The first-order valence-electron chi connectivity index (χ1n) is 47.8. The van der Waals surface area contributed by atoms with Crippen LogP contribution in [0.4, 0.5) is 82.7 Å². The first-order chi connectivity index (χ1) is 65.4. The molecule has 0 radical (unpaired) electrons. The fraction of sp³-hybridized carbons (Fsp3) is 0.722. The number of nitrogens with zero attached hydrogens (tertiary/aromatic N) is 1. The molecule has 0 spiro atoms. The molecule has 4 aromatic rings. The molecule has 44 heteroatoms. The number of nitrogens with one attached hydrogen (secondary N) is 5. The summed E-state index contributed by atoms with van der Waals surface area (Å²) in [5.74, 6) is -20.5. The fourth-order valence-electron chi connectivity index (χ4n) is 16.7. The van der Waals surface area contributed by atoms with Crippen LogP contribution in [0, 0.1) is 0 Å². The number of ketones is 1. The van der Waals surface area contributed by atoms with E-state index in [1.165, 1.54) is 19.8 Å². The van der Waals surface area contributed by atoms with Crippen molar-refractivity contribution in [1.82, 2.24) is 30.9 Å². The molecule has 14 N–H and O–H groups in total. The first-order valence-corrected chi connectivity index (χ1v) is 50.9. The van der Waals surface area contributed by atoms with Crippen LogP contribution in [-0.2, 0) is 47.5 Å². The summed E-state index contributed by atoms with van der Waals surface area (Å²) in [5, 5.41) is 61.2. The number of aliphatic hydroxyl groups excluding tert-OH is 5. The third-order valence-electron chi connectivity index (χ3n) is 24.5. The average Bonchev–Trinajstić information content (AvgIpc) is 1.61. The maximum Gasteiger partial charge on any atom is 0.407 e. The van der Waals surface area contributed by atoms with E-state index in [9.17, 15) is 116 Å². The van der Waals surface area contributed by atoms with E-state index >= 15 is 0 Å².